The molecule has 0 fully saturated rings. The summed E-state index contributed by atoms with van der Waals surface area (Å²) in [7, 11) is 0. The number of nitrogens with zero attached hydrogens (tertiary/aromatic N) is 2. The van der Waals surface area contributed by atoms with Crippen molar-refractivity contribution in [3.8, 4) is 0 Å². The molecule has 3 nitrogen and oxygen atoms in total. The summed E-state index contributed by atoms with van der Waals surface area (Å²) >= 11 is 0. The van der Waals surface area contributed by atoms with E-state index in [-0.39, 0.29) is 12.6 Å². The summed E-state index contributed by atoms with van der Waals surface area (Å²) in [5, 5.41) is 9.86. The molecular formula is C20H25N2O+. The minimum absolute atomic E-state index is 0.0206. The molecule has 23 heavy (non-hydrogen) atoms. The van der Waals surface area contributed by atoms with E-state index in [1.54, 1.807) is 0 Å². The molecule has 0 saturated heterocycles. The van der Waals surface area contributed by atoms with Crippen LogP contribution in [0.5, 0.6) is 0 Å². The zero-order valence-corrected chi connectivity index (χ0v) is 14.2. The fourth-order valence-corrected chi connectivity index (χ4v) is 3.63. The number of rotatable bonds is 4. The van der Waals surface area contributed by atoms with Gasteiger partial charge in [-0.1, -0.05) is 48.0 Å². The number of anilines is 1. The van der Waals surface area contributed by atoms with Crippen molar-refractivity contribution < 1.29 is 9.68 Å². The van der Waals surface area contributed by atoms with E-state index in [2.05, 4.69) is 60.9 Å². The normalized spacial score (nSPS) is 15.7. The Bertz CT molecular complexity index is 699. The summed E-state index contributed by atoms with van der Waals surface area (Å²) in [4.78, 5) is 2.32. The Balaban J connectivity index is 1.92. The number of benzene rings is 2. The lowest BCUT2D eigenvalue weighted by molar-refractivity contribution is -0.562. The standard InChI is InChI=1S/C20H25N2O/c1-15-11-16(2)20(17(3)12-15)22-10-9-21(14-22)19(13-23)18-7-5-4-6-8-18/h4-8,11-12,14,19,23H,9-10,13H2,1-3H3/q+1. The molecule has 0 radical (unpaired) electrons. The second kappa shape index (κ2) is 6.55. The van der Waals surface area contributed by atoms with Crippen molar-refractivity contribution in [2.75, 3.05) is 24.6 Å². The molecule has 2 aromatic carbocycles. The van der Waals surface area contributed by atoms with Gasteiger partial charge in [0.2, 0.25) is 6.34 Å². The number of aliphatic hydroxyl groups is 1. The van der Waals surface area contributed by atoms with E-state index in [4.69, 9.17) is 0 Å². The Kier molecular flexibility index (Phi) is 4.49. The van der Waals surface area contributed by atoms with Gasteiger partial charge in [-0.3, -0.25) is 4.58 Å². The lowest BCUT2D eigenvalue weighted by Gasteiger charge is -2.14. The Hall–Kier alpha value is -2.13. The first-order valence-electron chi connectivity index (χ1n) is 8.21. The number of hydrogen-bond donors (Lipinski definition) is 1. The van der Waals surface area contributed by atoms with E-state index < -0.39 is 0 Å². The van der Waals surface area contributed by atoms with Crippen LogP contribution in [-0.4, -0.2) is 35.7 Å². The number of aryl methyl sites for hydroxylation is 3. The maximum Gasteiger partial charge on any atom is 0.240 e. The first kappa shape index (κ1) is 15.8. The third kappa shape index (κ3) is 3.15. The molecule has 0 saturated carbocycles. The Morgan fingerprint density at radius 2 is 1.74 bits per heavy atom. The van der Waals surface area contributed by atoms with Crippen LogP contribution in [0, 0.1) is 20.8 Å². The molecule has 0 amide bonds. The van der Waals surface area contributed by atoms with Gasteiger partial charge >= 0.3 is 0 Å². The average molecular weight is 309 g/mol. The number of hydrogen-bond acceptors (Lipinski definition) is 2. The summed E-state index contributed by atoms with van der Waals surface area (Å²) in [6.45, 7) is 8.49. The van der Waals surface area contributed by atoms with Gasteiger partial charge in [0.25, 0.3) is 0 Å². The third-order valence-corrected chi connectivity index (χ3v) is 4.57. The molecule has 1 aliphatic heterocycles. The van der Waals surface area contributed by atoms with Crippen LogP contribution >= 0.6 is 0 Å². The van der Waals surface area contributed by atoms with Crippen LogP contribution in [0.3, 0.4) is 0 Å². The largest absolute Gasteiger partial charge is 0.392 e. The fraction of sp³-hybridized carbons (Fsp3) is 0.350. The van der Waals surface area contributed by atoms with Gasteiger partial charge in [-0.25, -0.2) is 4.90 Å². The molecule has 0 aromatic heterocycles. The summed E-state index contributed by atoms with van der Waals surface area (Å²) in [6.07, 6.45) is 2.17. The summed E-state index contributed by atoms with van der Waals surface area (Å²) in [6, 6.07) is 14.7. The lowest BCUT2D eigenvalue weighted by atomic mass is 10.0. The van der Waals surface area contributed by atoms with Crippen molar-refractivity contribution in [1.29, 1.82) is 0 Å². The second-order valence-electron chi connectivity index (χ2n) is 6.40. The zero-order valence-electron chi connectivity index (χ0n) is 14.2. The first-order chi connectivity index (χ1) is 11.1. The summed E-state index contributed by atoms with van der Waals surface area (Å²) in [5.74, 6) is 0. The SMILES string of the molecule is Cc1cc(C)c(N2C=[N+](C(CO)c3ccccc3)CC2)c(C)c1. The van der Waals surface area contributed by atoms with E-state index in [0.29, 0.717) is 0 Å². The van der Waals surface area contributed by atoms with Gasteiger partial charge in [-0.15, -0.1) is 0 Å². The van der Waals surface area contributed by atoms with E-state index >= 15 is 0 Å². The smallest absolute Gasteiger partial charge is 0.240 e. The van der Waals surface area contributed by atoms with Gasteiger partial charge in [0.1, 0.15) is 24.8 Å². The van der Waals surface area contributed by atoms with Gasteiger partial charge in [-0.2, -0.15) is 0 Å². The van der Waals surface area contributed by atoms with Crippen LogP contribution in [-0.2, 0) is 0 Å². The van der Waals surface area contributed by atoms with Crippen molar-refractivity contribution in [2.45, 2.75) is 26.8 Å². The zero-order chi connectivity index (χ0) is 16.4. The van der Waals surface area contributed by atoms with Crippen molar-refractivity contribution >= 4 is 12.0 Å². The van der Waals surface area contributed by atoms with Crippen LogP contribution in [0.15, 0.2) is 42.5 Å². The predicted molar refractivity (Wildman–Crippen MR) is 95.5 cm³/mol. The molecular weight excluding hydrogens is 284 g/mol. The molecule has 3 heteroatoms. The molecule has 1 unspecified atom stereocenters. The Morgan fingerprint density at radius 1 is 1.09 bits per heavy atom. The van der Waals surface area contributed by atoms with E-state index in [9.17, 15) is 5.11 Å². The lowest BCUT2D eigenvalue weighted by Crippen LogP contribution is -2.22. The highest BCUT2D eigenvalue weighted by Gasteiger charge is 2.29. The van der Waals surface area contributed by atoms with Gasteiger partial charge in [0, 0.05) is 0 Å². The minimum Gasteiger partial charge on any atom is -0.392 e. The fourth-order valence-electron chi connectivity index (χ4n) is 3.63. The van der Waals surface area contributed by atoms with Crippen LogP contribution in [0.25, 0.3) is 0 Å². The highest BCUT2D eigenvalue weighted by atomic mass is 16.3. The highest BCUT2D eigenvalue weighted by Crippen LogP contribution is 2.28. The molecule has 3 rings (SSSR count). The quantitative estimate of drug-likeness (QED) is 0.878. The van der Waals surface area contributed by atoms with Crippen LogP contribution in [0.1, 0.15) is 28.3 Å². The highest BCUT2D eigenvalue weighted by molar-refractivity contribution is 5.81. The molecule has 120 valence electrons. The van der Waals surface area contributed by atoms with Crippen molar-refractivity contribution in [2.24, 2.45) is 0 Å². The maximum atomic E-state index is 9.86. The van der Waals surface area contributed by atoms with Crippen LogP contribution < -0.4 is 4.90 Å². The summed E-state index contributed by atoms with van der Waals surface area (Å²) in [5.41, 5.74) is 6.37. The number of aliphatic hydroxyl groups excluding tert-OH is 1. The van der Waals surface area contributed by atoms with Crippen molar-refractivity contribution in [3.63, 3.8) is 0 Å². The molecule has 0 bridgehead atoms. The van der Waals surface area contributed by atoms with Gasteiger partial charge < -0.3 is 5.11 Å². The topological polar surface area (TPSA) is 26.5 Å². The van der Waals surface area contributed by atoms with E-state index in [0.717, 1.165) is 18.7 Å². The van der Waals surface area contributed by atoms with E-state index in [1.165, 1.54) is 22.4 Å². The molecule has 2 aromatic rings. The molecule has 1 heterocycles. The van der Waals surface area contributed by atoms with Crippen LogP contribution in [0.2, 0.25) is 0 Å². The monoisotopic (exact) mass is 309 g/mol. The van der Waals surface area contributed by atoms with Crippen LogP contribution in [0.4, 0.5) is 5.69 Å². The second-order valence-corrected chi connectivity index (χ2v) is 6.40. The minimum atomic E-state index is 0.0206. The third-order valence-electron chi connectivity index (χ3n) is 4.57. The summed E-state index contributed by atoms with van der Waals surface area (Å²) < 4.78 is 2.24. The first-order valence-corrected chi connectivity index (χ1v) is 8.21. The Morgan fingerprint density at radius 3 is 2.35 bits per heavy atom. The molecule has 0 aliphatic carbocycles. The molecule has 1 aliphatic rings. The van der Waals surface area contributed by atoms with Crippen molar-refractivity contribution in [3.05, 3.63) is 64.7 Å². The molecule has 1 N–H and O–H groups in total. The predicted octanol–water partition coefficient (Wildman–Crippen LogP) is 3.21. The van der Waals surface area contributed by atoms with Gasteiger partial charge in [0.15, 0.2) is 0 Å². The Labute approximate surface area is 138 Å². The van der Waals surface area contributed by atoms with Gasteiger partial charge in [0.05, 0.1) is 6.61 Å². The average Bonchev–Trinajstić information content (AvgIpc) is 2.97. The van der Waals surface area contributed by atoms with E-state index in [1.807, 2.05) is 18.2 Å². The van der Waals surface area contributed by atoms with Gasteiger partial charge in [-0.05, 0) is 37.5 Å². The maximum absolute atomic E-state index is 9.86. The molecule has 1 atom stereocenters. The molecule has 0 spiro atoms. The van der Waals surface area contributed by atoms with Crippen molar-refractivity contribution in [1.82, 2.24) is 0 Å².